The number of amides is 2. The number of urea groups is 1. The van der Waals surface area contributed by atoms with E-state index in [-0.39, 0.29) is 11.9 Å². The lowest BCUT2D eigenvalue weighted by atomic mass is 9.98. The number of amidine groups is 1. The van der Waals surface area contributed by atoms with Gasteiger partial charge in [0.05, 0.1) is 21.7 Å². The number of aromatic nitrogens is 1. The van der Waals surface area contributed by atoms with Crippen LogP contribution in [0.2, 0.25) is 5.02 Å². The van der Waals surface area contributed by atoms with Crippen molar-refractivity contribution in [3.8, 4) is 0 Å². The number of nitrogens with one attached hydrogen (secondary N) is 2. The van der Waals surface area contributed by atoms with Crippen molar-refractivity contribution in [2.75, 3.05) is 30.3 Å². The highest BCUT2D eigenvalue weighted by Gasteiger charge is 2.26. The number of piperidine rings is 1. The highest BCUT2D eigenvalue weighted by molar-refractivity contribution is 7.82. The summed E-state index contributed by atoms with van der Waals surface area (Å²) in [6.45, 7) is 5.94. The molecule has 2 aromatic rings. The largest absolute Gasteiger partial charge is 0.337 e. The molecular formula is C22H28ClN5O2S. The molecule has 0 saturated carbocycles. The molecule has 0 radical (unpaired) electrons. The lowest BCUT2D eigenvalue weighted by molar-refractivity contribution is 0.239. The molecule has 1 unspecified atom stereocenters. The number of aryl methyl sites for hydroxylation is 1. The topological polar surface area (TPSA) is 89.4 Å². The van der Waals surface area contributed by atoms with Gasteiger partial charge in [-0.05, 0) is 43.9 Å². The number of carbonyl (C=O) groups is 1. The van der Waals surface area contributed by atoms with Crippen LogP contribution in [0.4, 0.5) is 10.5 Å². The Bertz CT molecular complexity index is 945. The maximum absolute atomic E-state index is 13.2. The van der Waals surface area contributed by atoms with Crippen LogP contribution in [-0.2, 0) is 11.0 Å². The van der Waals surface area contributed by atoms with Gasteiger partial charge in [0.15, 0.2) is 0 Å². The van der Waals surface area contributed by atoms with Gasteiger partial charge in [-0.15, -0.1) is 0 Å². The van der Waals surface area contributed by atoms with Gasteiger partial charge < -0.3 is 5.32 Å². The smallest absolute Gasteiger partial charge is 0.327 e. The molecule has 3 rings (SSSR count). The van der Waals surface area contributed by atoms with Crippen molar-refractivity contribution in [1.29, 1.82) is 5.41 Å². The van der Waals surface area contributed by atoms with Crippen LogP contribution in [0, 0.1) is 18.3 Å². The highest BCUT2D eigenvalue weighted by Crippen LogP contribution is 2.23. The van der Waals surface area contributed by atoms with Gasteiger partial charge in [0.25, 0.3) is 0 Å². The molecule has 1 saturated heterocycles. The van der Waals surface area contributed by atoms with E-state index in [0.29, 0.717) is 34.5 Å². The predicted octanol–water partition coefficient (Wildman–Crippen LogP) is 3.98. The molecule has 1 aliphatic rings. The monoisotopic (exact) mass is 461 g/mol. The second kappa shape index (κ2) is 10.8. The second-order valence-corrected chi connectivity index (χ2v) is 9.69. The van der Waals surface area contributed by atoms with Crippen molar-refractivity contribution in [2.24, 2.45) is 5.92 Å². The van der Waals surface area contributed by atoms with Crippen molar-refractivity contribution < 1.29 is 9.00 Å². The van der Waals surface area contributed by atoms with Crippen LogP contribution in [0.1, 0.15) is 30.9 Å². The van der Waals surface area contributed by atoms with Gasteiger partial charge in [-0.1, -0.05) is 36.2 Å². The first-order valence-electron chi connectivity index (χ1n) is 10.4. The lowest BCUT2D eigenvalue weighted by Crippen LogP contribution is -2.47. The van der Waals surface area contributed by atoms with E-state index in [1.165, 1.54) is 11.1 Å². The maximum atomic E-state index is 13.2. The molecule has 1 atom stereocenters. The Balaban J connectivity index is 1.71. The molecule has 1 aliphatic heterocycles. The second-order valence-electron chi connectivity index (χ2n) is 7.54. The van der Waals surface area contributed by atoms with Gasteiger partial charge >= 0.3 is 6.03 Å². The van der Waals surface area contributed by atoms with Crippen LogP contribution < -0.4 is 10.2 Å². The third kappa shape index (κ3) is 5.90. The van der Waals surface area contributed by atoms with Gasteiger partial charge in [-0.3, -0.25) is 10.4 Å². The zero-order chi connectivity index (χ0) is 22.4. The fourth-order valence-electron chi connectivity index (χ4n) is 3.54. The van der Waals surface area contributed by atoms with E-state index >= 15 is 0 Å². The number of rotatable bonds is 6. The molecule has 1 aromatic carbocycles. The molecule has 166 valence electrons. The molecule has 0 bridgehead atoms. The minimum Gasteiger partial charge on any atom is -0.337 e. The number of anilines is 1. The predicted molar refractivity (Wildman–Crippen MR) is 126 cm³/mol. The van der Waals surface area contributed by atoms with Crippen LogP contribution in [-0.4, -0.2) is 50.8 Å². The zero-order valence-electron chi connectivity index (χ0n) is 17.8. The molecule has 1 aromatic heterocycles. The van der Waals surface area contributed by atoms with E-state index in [0.717, 1.165) is 31.5 Å². The van der Waals surface area contributed by atoms with E-state index in [1.54, 1.807) is 12.3 Å². The Kier molecular flexibility index (Phi) is 8.17. The van der Waals surface area contributed by atoms with E-state index in [2.05, 4.69) is 10.3 Å². The van der Waals surface area contributed by atoms with Gasteiger partial charge in [-0.2, -0.15) is 0 Å². The molecule has 7 nitrogen and oxygen atoms in total. The standard InChI is InChI=1S/C22H28ClN5O2S/c1-3-31(30)27-12-9-17(10-13-27)14-26-22(29)28(18-6-4-16(2)5-7-18)21(24)19-8-11-25-15-20(19)23/h4-8,11,15,17,24H,3,9-10,12-14H2,1-2H3,(H,26,29). The Morgan fingerprint density at radius 3 is 2.58 bits per heavy atom. The van der Waals surface area contributed by atoms with E-state index < -0.39 is 11.0 Å². The van der Waals surface area contributed by atoms with E-state index in [9.17, 15) is 9.00 Å². The molecular weight excluding hydrogens is 434 g/mol. The molecule has 1 fully saturated rings. The highest BCUT2D eigenvalue weighted by atomic mass is 35.5. The Morgan fingerprint density at radius 2 is 1.97 bits per heavy atom. The Labute approximate surface area is 190 Å². The van der Waals surface area contributed by atoms with Crippen LogP contribution in [0.3, 0.4) is 0 Å². The van der Waals surface area contributed by atoms with Crippen molar-refractivity contribution in [3.63, 3.8) is 0 Å². The number of hydrogen-bond acceptors (Lipinski definition) is 4. The molecule has 31 heavy (non-hydrogen) atoms. The minimum absolute atomic E-state index is 0.0121. The first-order chi connectivity index (χ1) is 14.9. The maximum Gasteiger partial charge on any atom is 0.327 e. The summed E-state index contributed by atoms with van der Waals surface area (Å²) in [5.41, 5.74) is 2.09. The SMILES string of the molecule is CCS(=O)N1CCC(CNC(=O)N(C(=N)c2ccncc2Cl)c2ccc(C)cc2)CC1. The average Bonchev–Trinajstić information content (AvgIpc) is 2.79. The van der Waals surface area contributed by atoms with Gasteiger partial charge in [0.1, 0.15) is 5.84 Å². The van der Waals surface area contributed by atoms with Crippen LogP contribution in [0.25, 0.3) is 0 Å². The Morgan fingerprint density at radius 1 is 1.29 bits per heavy atom. The van der Waals surface area contributed by atoms with Crippen molar-refractivity contribution in [3.05, 3.63) is 58.9 Å². The molecule has 2 heterocycles. The van der Waals surface area contributed by atoms with Gasteiger partial charge in [0.2, 0.25) is 0 Å². The number of pyridine rings is 1. The quantitative estimate of drug-likeness (QED) is 0.503. The average molecular weight is 462 g/mol. The summed E-state index contributed by atoms with van der Waals surface area (Å²) in [4.78, 5) is 18.5. The summed E-state index contributed by atoms with van der Waals surface area (Å²) in [5, 5.41) is 12.0. The van der Waals surface area contributed by atoms with Crippen LogP contribution in [0.5, 0.6) is 0 Å². The zero-order valence-corrected chi connectivity index (χ0v) is 19.4. The minimum atomic E-state index is -0.913. The third-order valence-electron chi connectivity index (χ3n) is 5.40. The van der Waals surface area contributed by atoms with Crippen LogP contribution >= 0.6 is 11.6 Å². The van der Waals surface area contributed by atoms with Crippen molar-refractivity contribution in [1.82, 2.24) is 14.6 Å². The fourth-order valence-corrected chi connectivity index (χ4v) is 4.73. The molecule has 0 aliphatic carbocycles. The molecule has 2 amide bonds. The summed E-state index contributed by atoms with van der Waals surface area (Å²) in [6, 6.07) is 8.69. The summed E-state index contributed by atoms with van der Waals surface area (Å²) < 4.78 is 14.0. The third-order valence-corrected chi connectivity index (χ3v) is 7.13. The van der Waals surface area contributed by atoms with Crippen LogP contribution in [0.15, 0.2) is 42.7 Å². The Hall–Kier alpha value is -2.29. The molecule has 0 spiro atoms. The first kappa shape index (κ1) is 23.4. The van der Waals surface area contributed by atoms with Crippen molar-refractivity contribution >= 4 is 40.1 Å². The van der Waals surface area contributed by atoms with Crippen molar-refractivity contribution in [2.45, 2.75) is 26.7 Å². The van der Waals surface area contributed by atoms with E-state index in [4.69, 9.17) is 17.0 Å². The number of carbonyl (C=O) groups excluding carboxylic acids is 1. The summed E-state index contributed by atoms with van der Waals surface area (Å²) >= 11 is 6.24. The summed E-state index contributed by atoms with van der Waals surface area (Å²) in [7, 11) is -0.913. The van der Waals surface area contributed by atoms with Gasteiger partial charge in [-0.25, -0.2) is 18.2 Å². The molecule has 2 N–H and O–H groups in total. The van der Waals surface area contributed by atoms with E-state index in [1.807, 2.05) is 42.4 Å². The number of hydrogen-bond donors (Lipinski definition) is 2. The number of halogens is 1. The fraction of sp³-hybridized carbons (Fsp3) is 0.409. The summed E-state index contributed by atoms with van der Waals surface area (Å²) in [5.74, 6) is 0.932. The normalized spacial score (nSPS) is 16.0. The molecule has 9 heteroatoms. The lowest BCUT2D eigenvalue weighted by Gasteiger charge is -2.31. The van der Waals surface area contributed by atoms with Gasteiger partial charge in [0, 0.05) is 43.3 Å². The summed E-state index contributed by atoms with van der Waals surface area (Å²) in [6.07, 6.45) is 4.77. The number of nitrogens with zero attached hydrogens (tertiary/aromatic N) is 3. The first-order valence-corrected chi connectivity index (χ1v) is 12.0. The number of benzene rings is 1.